The summed E-state index contributed by atoms with van der Waals surface area (Å²) in [7, 11) is 0. The molecule has 1 fully saturated rings. The summed E-state index contributed by atoms with van der Waals surface area (Å²) in [5.74, 6) is 0.270. The minimum absolute atomic E-state index is 0.233. The highest BCUT2D eigenvalue weighted by molar-refractivity contribution is 5.78. The summed E-state index contributed by atoms with van der Waals surface area (Å²) in [6.07, 6.45) is 4.59. The van der Waals surface area contributed by atoms with Gasteiger partial charge in [0.1, 0.15) is 5.82 Å². The van der Waals surface area contributed by atoms with Gasteiger partial charge in [-0.1, -0.05) is 20.3 Å². The van der Waals surface area contributed by atoms with Crippen molar-refractivity contribution < 1.29 is 4.39 Å². The molecule has 0 bridgehead atoms. The van der Waals surface area contributed by atoms with Gasteiger partial charge in [0.05, 0.1) is 11.0 Å². The van der Waals surface area contributed by atoms with Crippen LogP contribution < -0.4 is 5.73 Å². The van der Waals surface area contributed by atoms with Gasteiger partial charge in [-0.05, 0) is 42.9 Å². The van der Waals surface area contributed by atoms with Crippen molar-refractivity contribution >= 4 is 17.0 Å². The van der Waals surface area contributed by atoms with Gasteiger partial charge in [0.25, 0.3) is 0 Å². The predicted octanol–water partition coefficient (Wildman–Crippen LogP) is 3.90. The number of rotatable bonds is 1. The van der Waals surface area contributed by atoms with E-state index in [0.717, 1.165) is 23.9 Å². The number of nitrogens with zero attached hydrogens (tertiary/aromatic N) is 2. The highest BCUT2D eigenvalue weighted by atomic mass is 19.1. The summed E-state index contributed by atoms with van der Waals surface area (Å²) in [6.45, 7) is 4.57. The van der Waals surface area contributed by atoms with E-state index < -0.39 is 0 Å². The second-order valence-electron chi connectivity index (χ2n) is 6.39. The van der Waals surface area contributed by atoms with Crippen LogP contribution in [0.15, 0.2) is 18.2 Å². The van der Waals surface area contributed by atoms with Gasteiger partial charge >= 0.3 is 0 Å². The molecule has 0 radical (unpaired) electrons. The van der Waals surface area contributed by atoms with E-state index in [1.54, 1.807) is 12.1 Å². The van der Waals surface area contributed by atoms with Crippen molar-refractivity contribution in [2.75, 3.05) is 5.73 Å². The molecule has 1 aromatic heterocycles. The molecule has 2 aromatic rings. The molecule has 1 saturated carbocycles. The van der Waals surface area contributed by atoms with Crippen molar-refractivity contribution in [2.45, 2.75) is 45.6 Å². The molecule has 0 spiro atoms. The number of hydrogen-bond acceptors (Lipinski definition) is 2. The zero-order chi connectivity index (χ0) is 13.6. The second-order valence-corrected chi connectivity index (χ2v) is 6.39. The molecule has 1 heterocycles. The average Bonchev–Trinajstić information content (AvgIpc) is 2.63. The van der Waals surface area contributed by atoms with Gasteiger partial charge < -0.3 is 10.3 Å². The Morgan fingerprint density at radius 3 is 2.95 bits per heavy atom. The number of hydrogen-bond donors (Lipinski definition) is 1. The number of halogens is 1. The molecule has 19 heavy (non-hydrogen) atoms. The lowest BCUT2D eigenvalue weighted by atomic mass is 9.75. The van der Waals surface area contributed by atoms with Gasteiger partial charge in [-0.2, -0.15) is 0 Å². The maximum atomic E-state index is 13.5. The minimum Gasteiger partial charge on any atom is -0.369 e. The fourth-order valence-electron chi connectivity index (χ4n) is 3.35. The van der Waals surface area contributed by atoms with E-state index in [1.165, 1.54) is 18.9 Å². The van der Waals surface area contributed by atoms with Crippen molar-refractivity contribution in [3.05, 3.63) is 24.0 Å². The monoisotopic (exact) mass is 261 g/mol. The molecule has 3 nitrogen and oxygen atoms in total. The maximum Gasteiger partial charge on any atom is 0.201 e. The number of nitrogens with two attached hydrogens (primary N) is 1. The van der Waals surface area contributed by atoms with E-state index >= 15 is 0 Å². The molecule has 1 atom stereocenters. The van der Waals surface area contributed by atoms with Gasteiger partial charge in [-0.25, -0.2) is 9.37 Å². The van der Waals surface area contributed by atoms with Crippen LogP contribution in [0.5, 0.6) is 0 Å². The molecular formula is C15H20FN3. The molecular weight excluding hydrogens is 241 g/mol. The summed E-state index contributed by atoms with van der Waals surface area (Å²) in [4.78, 5) is 4.35. The summed E-state index contributed by atoms with van der Waals surface area (Å²) in [5, 5.41) is 0. The van der Waals surface area contributed by atoms with Crippen LogP contribution in [0.4, 0.5) is 10.3 Å². The Hall–Kier alpha value is -1.58. The predicted molar refractivity (Wildman–Crippen MR) is 75.4 cm³/mol. The molecule has 3 rings (SSSR count). The number of imidazole rings is 1. The Bertz CT molecular complexity index is 615. The third kappa shape index (κ3) is 2.20. The van der Waals surface area contributed by atoms with Crippen LogP contribution in [0.25, 0.3) is 11.0 Å². The third-order valence-corrected chi connectivity index (χ3v) is 4.22. The molecule has 1 unspecified atom stereocenters. The summed E-state index contributed by atoms with van der Waals surface area (Å²) < 4.78 is 15.5. The first-order valence-corrected chi connectivity index (χ1v) is 6.89. The van der Waals surface area contributed by atoms with Crippen molar-refractivity contribution in [1.29, 1.82) is 0 Å². The lowest BCUT2D eigenvalue weighted by Crippen LogP contribution is -2.25. The largest absolute Gasteiger partial charge is 0.369 e. The molecule has 1 aliphatic rings. The Kier molecular flexibility index (Phi) is 2.77. The Morgan fingerprint density at radius 2 is 2.21 bits per heavy atom. The van der Waals surface area contributed by atoms with Crippen molar-refractivity contribution in [3.8, 4) is 0 Å². The van der Waals surface area contributed by atoms with Crippen LogP contribution in [-0.4, -0.2) is 9.55 Å². The Balaban J connectivity index is 2.08. The fraction of sp³-hybridized carbons (Fsp3) is 0.533. The van der Waals surface area contributed by atoms with Crippen LogP contribution in [-0.2, 0) is 0 Å². The van der Waals surface area contributed by atoms with Gasteiger partial charge in [-0.3, -0.25) is 0 Å². The quantitative estimate of drug-likeness (QED) is 0.846. The Labute approximate surface area is 112 Å². The number of benzene rings is 1. The van der Waals surface area contributed by atoms with Gasteiger partial charge in [-0.15, -0.1) is 0 Å². The number of nitrogen functional groups attached to an aromatic ring is 1. The van der Waals surface area contributed by atoms with E-state index in [1.807, 2.05) is 4.57 Å². The normalized spacial score (nSPS) is 22.8. The topological polar surface area (TPSA) is 43.8 Å². The molecule has 0 amide bonds. The van der Waals surface area contributed by atoms with Crippen molar-refractivity contribution in [1.82, 2.24) is 9.55 Å². The standard InChI is InChI=1S/C15H20FN3/c1-15(2)7-3-4-11(9-15)19-13-8-10(16)5-6-12(13)18-14(19)17/h5-6,8,11H,3-4,7,9H2,1-2H3,(H2,17,18). The van der Waals surface area contributed by atoms with Gasteiger partial charge in [0.15, 0.2) is 0 Å². The molecule has 2 N–H and O–H groups in total. The third-order valence-electron chi connectivity index (χ3n) is 4.22. The summed E-state index contributed by atoms with van der Waals surface area (Å²) in [6, 6.07) is 5.01. The smallest absolute Gasteiger partial charge is 0.201 e. The highest BCUT2D eigenvalue weighted by Crippen LogP contribution is 2.42. The molecule has 0 aliphatic heterocycles. The van der Waals surface area contributed by atoms with E-state index in [0.29, 0.717) is 17.4 Å². The second kappa shape index (κ2) is 4.22. The summed E-state index contributed by atoms with van der Waals surface area (Å²) in [5.41, 5.74) is 7.97. The minimum atomic E-state index is -0.233. The molecule has 1 aliphatic carbocycles. The molecule has 1 aromatic carbocycles. The highest BCUT2D eigenvalue weighted by Gasteiger charge is 2.30. The van der Waals surface area contributed by atoms with Crippen LogP contribution in [0, 0.1) is 11.2 Å². The first-order valence-electron chi connectivity index (χ1n) is 6.89. The zero-order valence-corrected chi connectivity index (χ0v) is 11.5. The van der Waals surface area contributed by atoms with Crippen LogP contribution in [0.3, 0.4) is 0 Å². The zero-order valence-electron chi connectivity index (χ0n) is 11.5. The van der Waals surface area contributed by atoms with Crippen LogP contribution in [0.1, 0.15) is 45.6 Å². The lowest BCUT2D eigenvalue weighted by Gasteiger charge is -2.36. The number of fused-ring (bicyclic) bond motifs is 1. The maximum absolute atomic E-state index is 13.5. The van der Waals surface area contributed by atoms with E-state index in [-0.39, 0.29) is 5.82 Å². The van der Waals surface area contributed by atoms with E-state index in [4.69, 9.17) is 5.73 Å². The number of anilines is 1. The van der Waals surface area contributed by atoms with E-state index in [2.05, 4.69) is 18.8 Å². The number of aromatic nitrogens is 2. The van der Waals surface area contributed by atoms with Crippen molar-refractivity contribution in [3.63, 3.8) is 0 Å². The van der Waals surface area contributed by atoms with Gasteiger partial charge in [0, 0.05) is 6.04 Å². The van der Waals surface area contributed by atoms with Crippen LogP contribution >= 0.6 is 0 Å². The first-order chi connectivity index (χ1) is 8.96. The fourth-order valence-corrected chi connectivity index (χ4v) is 3.35. The first kappa shape index (κ1) is 12.5. The lowest BCUT2D eigenvalue weighted by molar-refractivity contribution is 0.187. The summed E-state index contributed by atoms with van der Waals surface area (Å²) >= 11 is 0. The Morgan fingerprint density at radius 1 is 1.42 bits per heavy atom. The van der Waals surface area contributed by atoms with Crippen LogP contribution in [0.2, 0.25) is 0 Å². The van der Waals surface area contributed by atoms with Crippen molar-refractivity contribution in [2.24, 2.45) is 5.41 Å². The SMILES string of the molecule is CC1(C)CCCC(n2c(N)nc3ccc(F)cc32)C1. The average molecular weight is 261 g/mol. The molecule has 102 valence electrons. The molecule has 4 heteroatoms. The van der Waals surface area contributed by atoms with E-state index in [9.17, 15) is 4.39 Å². The molecule has 0 saturated heterocycles. The van der Waals surface area contributed by atoms with Gasteiger partial charge in [0.2, 0.25) is 5.95 Å².